The third-order valence-electron chi connectivity index (χ3n) is 2.70. The Morgan fingerprint density at radius 3 is 2.65 bits per heavy atom. The first-order valence-electron chi connectivity index (χ1n) is 5.50. The number of hydroxylamine groups is 1. The highest BCUT2D eigenvalue weighted by molar-refractivity contribution is 5.83. The van der Waals surface area contributed by atoms with Gasteiger partial charge in [0.1, 0.15) is 5.41 Å². The van der Waals surface area contributed by atoms with Crippen molar-refractivity contribution < 1.29 is 9.63 Å². The smallest absolute Gasteiger partial charge is 0.263 e. The molecule has 1 unspecified atom stereocenters. The first-order valence-corrected chi connectivity index (χ1v) is 5.50. The van der Waals surface area contributed by atoms with E-state index in [9.17, 15) is 4.79 Å². The highest BCUT2D eigenvalue weighted by Crippen LogP contribution is 2.19. The number of carbonyl (C=O) groups excluding carboxylic acids is 1. The van der Waals surface area contributed by atoms with Crippen LogP contribution in [0.2, 0.25) is 0 Å². The Bertz CT molecular complexity index is 411. The van der Waals surface area contributed by atoms with Crippen LogP contribution in [0.1, 0.15) is 25.8 Å². The van der Waals surface area contributed by atoms with Gasteiger partial charge in [-0.05, 0) is 18.9 Å². The minimum absolute atomic E-state index is 0.289. The quantitative estimate of drug-likeness (QED) is 0.791. The van der Waals surface area contributed by atoms with Gasteiger partial charge in [-0.1, -0.05) is 37.3 Å². The van der Waals surface area contributed by atoms with E-state index in [2.05, 4.69) is 5.48 Å². The number of hydrogen-bond donors (Lipinski definition) is 1. The normalized spacial score (nSPS) is 13.5. The lowest BCUT2D eigenvalue weighted by Gasteiger charge is -2.17. The molecule has 0 bridgehead atoms. The maximum Gasteiger partial charge on any atom is 0.263 e. The molecule has 0 saturated heterocycles. The van der Waals surface area contributed by atoms with Crippen LogP contribution in [0, 0.1) is 16.7 Å². The van der Waals surface area contributed by atoms with Crippen LogP contribution in [0.4, 0.5) is 0 Å². The number of carbonyl (C=O) groups is 1. The lowest BCUT2D eigenvalue weighted by atomic mass is 9.89. The summed E-state index contributed by atoms with van der Waals surface area (Å²) >= 11 is 0. The van der Waals surface area contributed by atoms with Gasteiger partial charge in [0.15, 0.2) is 0 Å². The van der Waals surface area contributed by atoms with Crippen LogP contribution in [0.25, 0.3) is 0 Å². The molecule has 1 amide bonds. The average Bonchev–Trinajstić information content (AvgIpc) is 2.39. The Morgan fingerprint density at radius 2 is 2.12 bits per heavy atom. The molecule has 0 saturated carbocycles. The number of amides is 1. The van der Waals surface area contributed by atoms with E-state index in [-0.39, 0.29) is 6.61 Å². The van der Waals surface area contributed by atoms with Gasteiger partial charge in [0, 0.05) is 0 Å². The van der Waals surface area contributed by atoms with Gasteiger partial charge in [0.25, 0.3) is 5.91 Å². The maximum absolute atomic E-state index is 11.7. The van der Waals surface area contributed by atoms with Gasteiger partial charge in [-0.2, -0.15) is 5.26 Å². The molecule has 17 heavy (non-hydrogen) atoms. The van der Waals surface area contributed by atoms with E-state index >= 15 is 0 Å². The summed E-state index contributed by atoms with van der Waals surface area (Å²) in [5, 5.41) is 8.91. The summed E-state index contributed by atoms with van der Waals surface area (Å²) in [6, 6.07) is 11.5. The molecule has 0 heterocycles. The molecule has 1 aromatic carbocycles. The van der Waals surface area contributed by atoms with Crippen molar-refractivity contribution in [2.45, 2.75) is 26.9 Å². The largest absolute Gasteiger partial charge is 0.271 e. The zero-order valence-corrected chi connectivity index (χ0v) is 10.1. The number of benzene rings is 1. The summed E-state index contributed by atoms with van der Waals surface area (Å²) < 4.78 is 0. The second-order valence-electron chi connectivity index (χ2n) is 4.00. The Labute approximate surface area is 101 Å². The lowest BCUT2D eigenvalue weighted by molar-refractivity contribution is -0.141. The first-order chi connectivity index (χ1) is 8.12. The van der Waals surface area contributed by atoms with Crippen molar-refractivity contribution in [2.24, 2.45) is 5.41 Å². The molecular formula is C13H16N2O2. The Balaban J connectivity index is 2.42. The zero-order chi connectivity index (χ0) is 12.7. The predicted octanol–water partition coefficient (Wildman–Crippen LogP) is 2.17. The third-order valence-corrected chi connectivity index (χ3v) is 2.70. The average molecular weight is 232 g/mol. The van der Waals surface area contributed by atoms with Crippen molar-refractivity contribution >= 4 is 5.91 Å². The molecule has 0 aliphatic rings. The summed E-state index contributed by atoms with van der Waals surface area (Å²) in [6.45, 7) is 3.67. The minimum Gasteiger partial charge on any atom is -0.271 e. The van der Waals surface area contributed by atoms with Crippen molar-refractivity contribution in [1.82, 2.24) is 5.48 Å². The summed E-state index contributed by atoms with van der Waals surface area (Å²) in [4.78, 5) is 16.7. The van der Waals surface area contributed by atoms with Gasteiger partial charge >= 0.3 is 0 Å². The Kier molecular flexibility index (Phi) is 4.68. The second kappa shape index (κ2) is 6.02. The molecule has 4 heteroatoms. The van der Waals surface area contributed by atoms with Gasteiger partial charge in [-0.3, -0.25) is 9.63 Å². The van der Waals surface area contributed by atoms with Crippen molar-refractivity contribution in [3.05, 3.63) is 35.9 Å². The number of hydrogen-bond acceptors (Lipinski definition) is 3. The van der Waals surface area contributed by atoms with Crippen LogP contribution in [0.5, 0.6) is 0 Å². The van der Waals surface area contributed by atoms with E-state index in [4.69, 9.17) is 10.1 Å². The van der Waals surface area contributed by atoms with E-state index in [1.54, 1.807) is 13.8 Å². The molecule has 1 aromatic rings. The maximum atomic E-state index is 11.7. The monoisotopic (exact) mass is 232 g/mol. The van der Waals surface area contributed by atoms with Crippen molar-refractivity contribution in [3.63, 3.8) is 0 Å². The molecule has 1 rings (SSSR count). The molecule has 0 radical (unpaired) electrons. The molecule has 0 aliphatic carbocycles. The first kappa shape index (κ1) is 13.2. The van der Waals surface area contributed by atoms with Crippen molar-refractivity contribution in [1.29, 1.82) is 5.26 Å². The zero-order valence-electron chi connectivity index (χ0n) is 10.1. The van der Waals surface area contributed by atoms with E-state index < -0.39 is 11.3 Å². The molecule has 4 nitrogen and oxygen atoms in total. The van der Waals surface area contributed by atoms with E-state index in [1.807, 2.05) is 36.4 Å². The lowest BCUT2D eigenvalue weighted by Crippen LogP contribution is -2.37. The molecule has 1 atom stereocenters. The Morgan fingerprint density at radius 1 is 1.47 bits per heavy atom. The SMILES string of the molecule is CCC(C)(C#N)C(=O)NOCc1ccccc1. The number of rotatable bonds is 5. The number of nitrogens with one attached hydrogen (secondary N) is 1. The molecule has 90 valence electrons. The fourth-order valence-electron chi connectivity index (χ4n) is 1.16. The van der Waals surface area contributed by atoms with Gasteiger partial charge in [0.2, 0.25) is 0 Å². The van der Waals surface area contributed by atoms with E-state index in [0.717, 1.165) is 5.56 Å². The Hall–Kier alpha value is -1.86. The molecule has 1 N–H and O–H groups in total. The summed E-state index contributed by atoms with van der Waals surface area (Å²) in [5.41, 5.74) is 2.24. The minimum atomic E-state index is -1.03. The number of nitriles is 1. The van der Waals surface area contributed by atoms with Crippen molar-refractivity contribution in [3.8, 4) is 6.07 Å². The third kappa shape index (κ3) is 3.58. The van der Waals surface area contributed by atoms with Crippen molar-refractivity contribution in [2.75, 3.05) is 0 Å². The number of nitrogens with zero attached hydrogens (tertiary/aromatic N) is 1. The van der Waals surface area contributed by atoms with Crippen LogP contribution < -0.4 is 5.48 Å². The molecule has 0 spiro atoms. The molecule has 0 aromatic heterocycles. The summed E-state index contributed by atoms with van der Waals surface area (Å²) in [5.74, 6) is -0.404. The van der Waals surface area contributed by atoms with Gasteiger partial charge < -0.3 is 0 Å². The van der Waals surface area contributed by atoms with Crippen LogP contribution in [-0.4, -0.2) is 5.91 Å². The molecule has 0 fully saturated rings. The standard InChI is InChI=1S/C13H16N2O2/c1-3-13(2,10-14)12(16)15-17-9-11-7-5-4-6-8-11/h4-8H,3,9H2,1-2H3,(H,15,16). The fourth-order valence-corrected chi connectivity index (χ4v) is 1.16. The van der Waals surface area contributed by atoms with E-state index in [1.165, 1.54) is 0 Å². The second-order valence-corrected chi connectivity index (χ2v) is 4.00. The molecular weight excluding hydrogens is 216 g/mol. The predicted molar refractivity (Wildman–Crippen MR) is 63.4 cm³/mol. The van der Waals surface area contributed by atoms with Gasteiger partial charge in [0.05, 0.1) is 12.7 Å². The highest BCUT2D eigenvalue weighted by atomic mass is 16.6. The molecule has 0 aliphatic heterocycles. The fraction of sp³-hybridized carbons (Fsp3) is 0.385. The van der Waals surface area contributed by atoms with Crippen LogP contribution >= 0.6 is 0 Å². The van der Waals surface area contributed by atoms with Crippen LogP contribution in [0.15, 0.2) is 30.3 Å². The van der Waals surface area contributed by atoms with Crippen LogP contribution in [-0.2, 0) is 16.2 Å². The van der Waals surface area contributed by atoms with Gasteiger partial charge in [-0.15, -0.1) is 0 Å². The topological polar surface area (TPSA) is 62.1 Å². The van der Waals surface area contributed by atoms with Gasteiger partial charge in [-0.25, -0.2) is 5.48 Å². The summed E-state index contributed by atoms with van der Waals surface area (Å²) in [6.07, 6.45) is 0.448. The summed E-state index contributed by atoms with van der Waals surface area (Å²) in [7, 11) is 0. The highest BCUT2D eigenvalue weighted by Gasteiger charge is 2.31. The van der Waals surface area contributed by atoms with E-state index in [0.29, 0.717) is 6.42 Å². The van der Waals surface area contributed by atoms with Crippen LogP contribution in [0.3, 0.4) is 0 Å².